The molecule has 98 valence electrons. The molecule has 1 aromatic heterocycles. The molecular weight excluding hydrogens is 253 g/mol. The topological polar surface area (TPSA) is 51.6 Å². The van der Waals surface area contributed by atoms with Crippen LogP contribution in [0.5, 0.6) is 0 Å². The van der Waals surface area contributed by atoms with Crippen LogP contribution in [0.4, 0.5) is 10.1 Å². The summed E-state index contributed by atoms with van der Waals surface area (Å²) in [5.41, 5.74) is 2.70. The van der Waals surface area contributed by atoms with E-state index in [1.807, 2.05) is 36.5 Å². The van der Waals surface area contributed by atoms with Crippen molar-refractivity contribution in [3.05, 3.63) is 65.6 Å². The van der Waals surface area contributed by atoms with E-state index in [2.05, 4.69) is 10.3 Å². The number of rotatable bonds is 3. The molecule has 0 aliphatic carbocycles. The highest BCUT2D eigenvalue weighted by molar-refractivity contribution is 5.83. The van der Waals surface area contributed by atoms with Crippen LogP contribution in [-0.4, -0.2) is 4.98 Å². The van der Waals surface area contributed by atoms with Crippen molar-refractivity contribution in [1.29, 1.82) is 5.26 Å². The molecule has 0 fully saturated rings. The Kier molecular flexibility index (Phi) is 3.10. The second kappa shape index (κ2) is 5.06. The van der Waals surface area contributed by atoms with Crippen LogP contribution in [0.1, 0.15) is 11.1 Å². The molecule has 3 nitrogen and oxygen atoms in total. The highest BCUT2D eigenvalue weighted by Crippen LogP contribution is 2.21. The summed E-state index contributed by atoms with van der Waals surface area (Å²) in [6, 6.07) is 14.4. The fraction of sp³-hybridized carbons (Fsp3) is 0.0625. The first-order chi connectivity index (χ1) is 9.79. The summed E-state index contributed by atoms with van der Waals surface area (Å²) < 4.78 is 13.5. The number of nitriles is 1. The molecule has 0 aliphatic heterocycles. The highest BCUT2D eigenvalue weighted by atomic mass is 19.1. The predicted octanol–water partition coefficient (Wildman–Crippen LogP) is 3.79. The maximum absolute atomic E-state index is 13.5. The first kappa shape index (κ1) is 12.2. The Morgan fingerprint density at radius 2 is 2.00 bits per heavy atom. The molecule has 1 heterocycles. The van der Waals surface area contributed by atoms with Gasteiger partial charge in [-0.25, -0.2) is 4.39 Å². The number of aromatic nitrogens is 1. The summed E-state index contributed by atoms with van der Waals surface area (Å²) in [5.74, 6) is -0.503. The van der Waals surface area contributed by atoms with Crippen LogP contribution in [0.3, 0.4) is 0 Å². The van der Waals surface area contributed by atoms with E-state index in [0.717, 1.165) is 16.5 Å². The Morgan fingerprint density at radius 1 is 1.15 bits per heavy atom. The van der Waals surface area contributed by atoms with Crippen LogP contribution in [0, 0.1) is 17.1 Å². The van der Waals surface area contributed by atoms with E-state index < -0.39 is 5.82 Å². The molecule has 3 rings (SSSR count). The average Bonchev–Trinajstić information content (AvgIpc) is 2.88. The minimum atomic E-state index is -0.503. The Labute approximate surface area is 115 Å². The summed E-state index contributed by atoms with van der Waals surface area (Å²) in [4.78, 5) is 3.19. The zero-order valence-electron chi connectivity index (χ0n) is 10.7. The van der Waals surface area contributed by atoms with Crippen LogP contribution in [0.15, 0.2) is 48.7 Å². The third-order valence-electron chi connectivity index (χ3n) is 3.27. The number of halogens is 1. The maximum Gasteiger partial charge on any atom is 0.143 e. The average molecular weight is 265 g/mol. The number of benzene rings is 2. The van der Waals surface area contributed by atoms with Crippen molar-refractivity contribution >= 4 is 16.6 Å². The molecular formula is C16H12FN3. The molecule has 0 saturated carbocycles. The molecule has 2 aromatic carbocycles. The fourth-order valence-electron chi connectivity index (χ4n) is 2.25. The number of hydrogen-bond acceptors (Lipinski definition) is 2. The number of hydrogen-bond donors (Lipinski definition) is 2. The summed E-state index contributed by atoms with van der Waals surface area (Å²) in [6.07, 6.45) is 1.92. The van der Waals surface area contributed by atoms with Gasteiger partial charge in [-0.15, -0.1) is 0 Å². The molecule has 0 spiro atoms. The third-order valence-corrected chi connectivity index (χ3v) is 3.27. The van der Waals surface area contributed by atoms with E-state index in [-0.39, 0.29) is 5.56 Å². The summed E-state index contributed by atoms with van der Waals surface area (Å²) >= 11 is 0. The van der Waals surface area contributed by atoms with Gasteiger partial charge in [0.15, 0.2) is 0 Å². The number of fused-ring (bicyclic) bond motifs is 1. The molecule has 0 atom stereocenters. The maximum atomic E-state index is 13.5. The zero-order valence-corrected chi connectivity index (χ0v) is 10.7. The van der Waals surface area contributed by atoms with Crippen molar-refractivity contribution in [3.63, 3.8) is 0 Å². The number of aromatic amines is 1. The molecule has 0 aliphatic rings. The normalized spacial score (nSPS) is 10.4. The van der Waals surface area contributed by atoms with Gasteiger partial charge in [-0.2, -0.15) is 5.26 Å². The second-order valence-electron chi connectivity index (χ2n) is 4.49. The third kappa shape index (κ3) is 2.10. The minimum Gasteiger partial charge on any atom is -0.380 e. The molecule has 0 unspecified atom stereocenters. The zero-order chi connectivity index (χ0) is 13.9. The lowest BCUT2D eigenvalue weighted by atomic mass is 10.1. The Balaban J connectivity index is 1.87. The highest BCUT2D eigenvalue weighted by Gasteiger charge is 2.08. The molecule has 0 bridgehead atoms. The Morgan fingerprint density at radius 3 is 2.85 bits per heavy atom. The number of para-hydroxylation sites is 1. The monoisotopic (exact) mass is 265 g/mol. The number of anilines is 1. The van der Waals surface area contributed by atoms with Gasteiger partial charge in [0, 0.05) is 23.6 Å². The molecule has 20 heavy (non-hydrogen) atoms. The van der Waals surface area contributed by atoms with Gasteiger partial charge in [-0.3, -0.25) is 0 Å². The van der Waals surface area contributed by atoms with E-state index in [1.165, 1.54) is 6.07 Å². The van der Waals surface area contributed by atoms with E-state index in [1.54, 1.807) is 12.1 Å². The molecule has 3 aromatic rings. The lowest BCUT2D eigenvalue weighted by Gasteiger charge is -2.08. The van der Waals surface area contributed by atoms with Crippen LogP contribution < -0.4 is 5.32 Å². The van der Waals surface area contributed by atoms with E-state index >= 15 is 0 Å². The smallest absolute Gasteiger partial charge is 0.143 e. The number of nitrogens with zero attached hydrogens (tertiary/aromatic N) is 1. The van der Waals surface area contributed by atoms with E-state index in [0.29, 0.717) is 12.2 Å². The molecule has 0 amide bonds. The number of nitrogens with one attached hydrogen (secondary N) is 2. The lowest BCUT2D eigenvalue weighted by molar-refractivity contribution is 0.624. The largest absolute Gasteiger partial charge is 0.380 e. The van der Waals surface area contributed by atoms with Gasteiger partial charge in [0.2, 0.25) is 0 Å². The Hall–Kier alpha value is -2.80. The van der Waals surface area contributed by atoms with Crippen molar-refractivity contribution < 1.29 is 4.39 Å². The molecule has 0 radical (unpaired) electrons. The van der Waals surface area contributed by atoms with E-state index in [4.69, 9.17) is 5.26 Å². The SMILES string of the molecule is N#Cc1c(F)cccc1NCc1c[nH]c2ccccc12. The quantitative estimate of drug-likeness (QED) is 0.757. The summed E-state index contributed by atoms with van der Waals surface area (Å²) in [5, 5.41) is 13.2. The number of H-pyrrole nitrogens is 1. The van der Waals surface area contributed by atoms with Crippen molar-refractivity contribution in [2.75, 3.05) is 5.32 Å². The second-order valence-corrected chi connectivity index (χ2v) is 4.49. The van der Waals surface area contributed by atoms with Gasteiger partial charge < -0.3 is 10.3 Å². The molecule has 0 saturated heterocycles. The summed E-state index contributed by atoms with van der Waals surface area (Å²) in [6.45, 7) is 0.530. The van der Waals surface area contributed by atoms with Crippen LogP contribution in [-0.2, 0) is 6.54 Å². The van der Waals surface area contributed by atoms with Crippen LogP contribution in [0.25, 0.3) is 10.9 Å². The summed E-state index contributed by atoms with van der Waals surface area (Å²) in [7, 11) is 0. The standard InChI is InChI=1S/C16H12FN3/c17-14-5-3-7-16(13(14)8-18)20-10-11-9-19-15-6-2-1-4-12(11)15/h1-7,9,19-20H,10H2. The molecule has 2 N–H and O–H groups in total. The van der Waals surface area contributed by atoms with Gasteiger partial charge in [-0.05, 0) is 23.8 Å². The fourth-order valence-corrected chi connectivity index (χ4v) is 2.25. The van der Waals surface area contributed by atoms with Gasteiger partial charge in [-0.1, -0.05) is 24.3 Å². The lowest BCUT2D eigenvalue weighted by Crippen LogP contribution is -2.02. The van der Waals surface area contributed by atoms with E-state index in [9.17, 15) is 4.39 Å². The van der Waals surface area contributed by atoms with Crippen LogP contribution in [0.2, 0.25) is 0 Å². The molecule has 4 heteroatoms. The van der Waals surface area contributed by atoms with Crippen molar-refractivity contribution in [2.45, 2.75) is 6.54 Å². The first-order valence-corrected chi connectivity index (χ1v) is 6.27. The minimum absolute atomic E-state index is 0.0485. The van der Waals surface area contributed by atoms with Crippen molar-refractivity contribution in [3.8, 4) is 6.07 Å². The van der Waals surface area contributed by atoms with Gasteiger partial charge in [0.05, 0.1) is 5.69 Å². The first-order valence-electron chi connectivity index (χ1n) is 6.27. The van der Waals surface area contributed by atoms with Gasteiger partial charge in [0.1, 0.15) is 17.4 Å². The van der Waals surface area contributed by atoms with Crippen LogP contribution >= 0.6 is 0 Å². The van der Waals surface area contributed by atoms with Crippen molar-refractivity contribution in [1.82, 2.24) is 4.98 Å². The van der Waals surface area contributed by atoms with Gasteiger partial charge >= 0.3 is 0 Å². The van der Waals surface area contributed by atoms with Crippen molar-refractivity contribution in [2.24, 2.45) is 0 Å². The van der Waals surface area contributed by atoms with Gasteiger partial charge in [0.25, 0.3) is 0 Å². The predicted molar refractivity (Wildman–Crippen MR) is 76.7 cm³/mol. The Bertz CT molecular complexity index is 799.